The number of para-hydroxylation sites is 1. The highest BCUT2D eigenvalue weighted by Crippen LogP contribution is 2.20. The van der Waals surface area contributed by atoms with Gasteiger partial charge >= 0.3 is 0 Å². The number of hydrogen-bond donors (Lipinski definition) is 2. The van der Waals surface area contributed by atoms with Crippen molar-refractivity contribution in [2.75, 3.05) is 0 Å². The van der Waals surface area contributed by atoms with E-state index >= 15 is 0 Å². The van der Waals surface area contributed by atoms with Crippen LogP contribution < -0.4 is 5.32 Å². The quantitative estimate of drug-likeness (QED) is 0.734. The lowest BCUT2D eigenvalue weighted by atomic mass is 10.0. The largest absolute Gasteiger partial charge is 0.505 e. The Kier molecular flexibility index (Phi) is 6.73. The molecule has 0 aliphatic heterocycles. The Bertz CT molecular complexity index is 354. The molecule has 1 unspecified atom stereocenters. The number of aromatic hydroxyl groups is 1. The molecule has 1 aromatic rings. The maximum atomic E-state index is 13.2. The summed E-state index contributed by atoms with van der Waals surface area (Å²) in [7, 11) is 0. The van der Waals surface area contributed by atoms with Gasteiger partial charge in [-0.15, -0.1) is 0 Å². The smallest absolute Gasteiger partial charge is 0.165 e. The van der Waals surface area contributed by atoms with E-state index in [0.717, 1.165) is 19.3 Å². The SMILES string of the molecule is CCCCC(CCC)NCc1cccc(F)c1O. The normalized spacial score (nSPS) is 12.6. The second-order valence-electron chi connectivity index (χ2n) is 4.76. The molecule has 1 aromatic carbocycles. The predicted molar refractivity (Wildman–Crippen MR) is 73.1 cm³/mol. The van der Waals surface area contributed by atoms with Crippen LogP contribution in [-0.2, 0) is 6.54 Å². The Balaban J connectivity index is 2.52. The lowest BCUT2D eigenvalue weighted by Crippen LogP contribution is -2.28. The second-order valence-corrected chi connectivity index (χ2v) is 4.76. The van der Waals surface area contributed by atoms with Gasteiger partial charge in [-0.05, 0) is 18.9 Å². The minimum absolute atomic E-state index is 0.226. The fraction of sp³-hybridized carbons (Fsp3) is 0.600. The standard InChI is InChI=1S/C15H24FNO/c1-3-5-9-13(7-4-2)17-11-12-8-6-10-14(16)15(12)18/h6,8,10,13,17-18H,3-5,7,9,11H2,1-2H3. The van der Waals surface area contributed by atoms with Gasteiger partial charge in [-0.3, -0.25) is 0 Å². The third kappa shape index (κ3) is 4.65. The van der Waals surface area contributed by atoms with Crippen LogP contribution in [0.1, 0.15) is 51.5 Å². The van der Waals surface area contributed by atoms with E-state index in [9.17, 15) is 9.50 Å². The third-order valence-corrected chi connectivity index (χ3v) is 3.19. The molecule has 0 aliphatic carbocycles. The van der Waals surface area contributed by atoms with Gasteiger partial charge in [0.25, 0.3) is 0 Å². The number of halogens is 1. The number of unbranched alkanes of at least 4 members (excludes halogenated alkanes) is 1. The zero-order valence-corrected chi connectivity index (χ0v) is 11.4. The van der Waals surface area contributed by atoms with Crippen molar-refractivity contribution in [3.8, 4) is 5.75 Å². The molecule has 0 aromatic heterocycles. The summed E-state index contributed by atoms with van der Waals surface area (Å²) in [4.78, 5) is 0. The summed E-state index contributed by atoms with van der Waals surface area (Å²) in [6.07, 6.45) is 5.78. The fourth-order valence-electron chi connectivity index (χ4n) is 2.10. The number of phenols is 1. The molecular formula is C15H24FNO. The van der Waals surface area contributed by atoms with Crippen LogP contribution in [0.15, 0.2) is 18.2 Å². The van der Waals surface area contributed by atoms with E-state index in [0.29, 0.717) is 18.2 Å². The van der Waals surface area contributed by atoms with E-state index in [-0.39, 0.29) is 5.75 Å². The summed E-state index contributed by atoms with van der Waals surface area (Å²) in [5, 5.41) is 13.0. The predicted octanol–water partition coefficient (Wildman–Crippen LogP) is 3.98. The van der Waals surface area contributed by atoms with Crippen molar-refractivity contribution in [1.82, 2.24) is 5.32 Å². The summed E-state index contributed by atoms with van der Waals surface area (Å²) in [5.41, 5.74) is 0.632. The summed E-state index contributed by atoms with van der Waals surface area (Å²) in [6.45, 7) is 4.87. The molecule has 0 spiro atoms. The van der Waals surface area contributed by atoms with Crippen LogP contribution in [0.5, 0.6) is 5.75 Å². The molecule has 2 nitrogen and oxygen atoms in total. The highest BCUT2D eigenvalue weighted by atomic mass is 19.1. The monoisotopic (exact) mass is 253 g/mol. The van der Waals surface area contributed by atoms with Crippen LogP contribution in [0.25, 0.3) is 0 Å². The molecule has 2 N–H and O–H groups in total. The maximum Gasteiger partial charge on any atom is 0.165 e. The molecule has 0 saturated heterocycles. The highest BCUT2D eigenvalue weighted by molar-refractivity contribution is 5.33. The van der Waals surface area contributed by atoms with Crippen LogP contribution >= 0.6 is 0 Å². The van der Waals surface area contributed by atoms with Crippen molar-refractivity contribution in [2.24, 2.45) is 0 Å². The van der Waals surface area contributed by atoms with E-state index in [2.05, 4.69) is 19.2 Å². The molecule has 0 amide bonds. The van der Waals surface area contributed by atoms with Gasteiger partial charge in [-0.2, -0.15) is 0 Å². The van der Waals surface area contributed by atoms with Crippen LogP contribution in [0, 0.1) is 5.82 Å². The third-order valence-electron chi connectivity index (χ3n) is 3.19. The maximum absolute atomic E-state index is 13.2. The van der Waals surface area contributed by atoms with Crippen LogP contribution in [-0.4, -0.2) is 11.1 Å². The first kappa shape index (κ1) is 15.0. The first-order valence-corrected chi connectivity index (χ1v) is 6.88. The lowest BCUT2D eigenvalue weighted by Gasteiger charge is -2.18. The van der Waals surface area contributed by atoms with Crippen molar-refractivity contribution in [3.05, 3.63) is 29.6 Å². The minimum atomic E-state index is -0.546. The molecular weight excluding hydrogens is 229 g/mol. The highest BCUT2D eigenvalue weighted by Gasteiger charge is 2.10. The van der Waals surface area contributed by atoms with Crippen molar-refractivity contribution < 1.29 is 9.50 Å². The molecule has 3 heteroatoms. The van der Waals surface area contributed by atoms with Gasteiger partial charge in [0.1, 0.15) is 0 Å². The minimum Gasteiger partial charge on any atom is -0.505 e. The van der Waals surface area contributed by atoms with Crippen molar-refractivity contribution in [3.63, 3.8) is 0 Å². The number of phenolic OH excluding ortho intramolecular Hbond substituents is 1. The zero-order valence-electron chi connectivity index (χ0n) is 11.4. The lowest BCUT2D eigenvalue weighted by molar-refractivity contribution is 0.406. The van der Waals surface area contributed by atoms with Gasteiger partial charge in [0.15, 0.2) is 11.6 Å². The Morgan fingerprint density at radius 1 is 1.22 bits per heavy atom. The molecule has 0 saturated carbocycles. The van der Waals surface area contributed by atoms with Crippen LogP contribution in [0.4, 0.5) is 4.39 Å². The number of nitrogens with one attached hydrogen (secondary N) is 1. The zero-order chi connectivity index (χ0) is 13.4. The van der Waals surface area contributed by atoms with E-state index in [1.54, 1.807) is 12.1 Å². The van der Waals surface area contributed by atoms with E-state index in [4.69, 9.17) is 0 Å². The van der Waals surface area contributed by atoms with Gasteiger partial charge in [0.2, 0.25) is 0 Å². The van der Waals surface area contributed by atoms with Crippen LogP contribution in [0.2, 0.25) is 0 Å². The first-order chi connectivity index (χ1) is 8.69. The molecule has 0 bridgehead atoms. The van der Waals surface area contributed by atoms with E-state index in [1.807, 2.05) is 0 Å². The summed E-state index contributed by atoms with van der Waals surface area (Å²) in [6, 6.07) is 5.12. The molecule has 102 valence electrons. The number of hydrogen-bond acceptors (Lipinski definition) is 2. The topological polar surface area (TPSA) is 32.3 Å². The van der Waals surface area contributed by atoms with Crippen molar-refractivity contribution >= 4 is 0 Å². The van der Waals surface area contributed by atoms with Crippen molar-refractivity contribution in [2.45, 2.75) is 58.5 Å². The van der Waals surface area contributed by atoms with E-state index in [1.165, 1.54) is 18.9 Å². The van der Waals surface area contributed by atoms with Crippen LogP contribution in [0.3, 0.4) is 0 Å². The van der Waals surface area contributed by atoms with Gasteiger partial charge in [0.05, 0.1) is 0 Å². The molecule has 0 heterocycles. The molecule has 0 fully saturated rings. The number of benzene rings is 1. The Hall–Kier alpha value is -1.09. The Morgan fingerprint density at radius 2 is 2.00 bits per heavy atom. The summed E-state index contributed by atoms with van der Waals surface area (Å²) >= 11 is 0. The number of rotatable bonds is 8. The van der Waals surface area contributed by atoms with Crippen molar-refractivity contribution in [1.29, 1.82) is 0 Å². The molecule has 0 aliphatic rings. The fourth-order valence-corrected chi connectivity index (χ4v) is 2.10. The molecule has 18 heavy (non-hydrogen) atoms. The van der Waals surface area contributed by atoms with Gasteiger partial charge in [0, 0.05) is 18.2 Å². The molecule has 1 rings (SSSR count). The second kappa shape index (κ2) is 8.09. The van der Waals surface area contributed by atoms with Gasteiger partial charge < -0.3 is 10.4 Å². The molecule has 1 atom stereocenters. The van der Waals surface area contributed by atoms with Gasteiger partial charge in [-0.25, -0.2) is 4.39 Å². The van der Waals surface area contributed by atoms with E-state index < -0.39 is 5.82 Å². The first-order valence-electron chi connectivity index (χ1n) is 6.88. The van der Waals surface area contributed by atoms with Gasteiger partial charge in [-0.1, -0.05) is 45.2 Å². The summed E-state index contributed by atoms with van der Waals surface area (Å²) < 4.78 is 13.2. The molecule has 0 radical (unpaired) electrons. The Labute approximate surface area is 109 Å². The Morgan fingerprint density at radius 3 is 2.67 bits per heavy atom. The average molecular weight is 253 g/mol. The summed E-state index contributed by atoms with van der Waals surface area (Å²) in [5.74, 6) is -0.773. The average Bonchev–Trinajstić information content (AvgIpc) is 2.37.